The Balaban J connectivity index is 1.92. The SMILES string of the molecule is CCc1c(C(=O)O)n(CC(F)(F)F)c2ccc(OC3CCN(C(C)C)CC3)cc12. The number of aromatic nitrogens is 1. The van der Waals surface area contributed by atoms with Crippen LogP contribution in [0.1, 0.15) is 49.7 Å². The van der Waals surface area contributed by atoms with E-state index in [9.17, 15) is 23.1 Å². The van der Waals surface area contributed by atoms with Crippen molar-refractivity contribution in [3.8, 4) is 5.75 Å². The number of likely N-dealkylation sites (tertiary alicyclic amines) is 1. The molecule has 1 aromatic carbocycles. The Morgan fingerprint density at radius 1 is 1.28 bits per heavy atom. The molecule has 0 atom stereocenters. The van der Waals surface area contributed by atoms with E-state index in [1.807, 2.05) is 0 Å². The molecule has 0 radical (unpaired) electrons. The molecule has 1 aromatic heterocycles. The summed E-state index contributed by atoms with van der Waals surface area (Å²) in [7, 11) is 0. The van der Waals surface area contributed by atoms with Crippen LogP contribution in [0.2, 0.25) is 0 Å². The lowest BCUT2D eigenvalue weighted by atomic mass is 10.1. The average molecular weight is 412 g/mol. The van der Waals surface area contributed by atoms with E-state index in [1.54, 1.807) is 19.1 Å². The number of carbonyl (C=O) groups is 1. The van der Waals surface area contributed by atoms with Crippen LogP contribution in [0.3, 0.4) is 0 Å². The maximum Gasteiger partial charge on any atom is 0.406 e. The number of carboxylic acids is 1. The van der Waals surface area contributed by atoms with Crippen molar-refractivity contribution in [1.82, 2.24) is 9.47 Å². The zero-order valence-corrected chi connectivity index (χ0v) is 16.9. The van der Waals surface area contributed by atoms with Crippen LogP contribution >= 0.6 is 0 Å². The van der Waals surface area contributed by atoms with E-state index in [2.05, 4.69) is 18.7 Å². The minimum atomic E-state index is -4.51. The first-order valence-corrected chi connectivity index (χ1v) is 9.96. The van der Waals surface area contributed by atoms with Crippen molar-refractivity contribution >= 4 is 16.9 Å². The summed E-state index contributed by atoms with van der Waals surface area (Å²) in [6, 6.07) is 5.34. The Bertz CT molecular complexity index is 881. The molecule has 0 aliphatic carbocycles. The second-order valence-corrected chi connectivity index (χ2v) is 7.81. The third kappa shape index (κ3) is 4.69. The fourth-order valence-electron chi connectivity index (χ4n) is 4.12. The summed E-state index contributed by atoms with van der Waals surface area (Å²) < 4.78 is 46.1. The Hall–Kier alpha value is -2.22. The normalized spacial score (nSPS) is 16.7. The van der Waals surface area contributed by atoms with Gasteiger partial charge in [-0.1, -0.05) is 6.92 Å². The zero-order chi connectivity index (χ0) is 21.3. The highest BCUT2D eigenvalue weighted by atomic mass is 19.4. The molecule has 1 fully saturated rings. The number of carboxylic acid groups (broad SMARTS) is 1. The van der Waals surface area contributed by atoms with Gasteiger partial charge in [-0.3, -0.25) is 0 Å². The van der Waals surface area contributed by atoms with Crippen LogP contribution in [0, 0.1) is 0 Å². The van der Waals surface area contributed by atoms with E-state index in [-0.39, 0.29) is 17.3 Å². The average Bonchev–Trinajstić information content (AvgIpc) is 2.93. The molecule has 1 N–H and O–H groups in total. The summed E-state index contributed by atoms with van der Waals surface area (Å²) in [6.07, 6.45) is -2.39. The highest BCUT2D eigenvalue weighted by Crippen LogP contribution is 2.33. The van der Waals surface area contributed by atoms with Gasteiger partial charge in [-0.15, -0.1) is 0 Å². The molecule has 1 aliphatic rings. The van der Waals surface area contributed by atoms with E-state index in [0.717, 1.165) is 30.5 Å². The maximum absolute atomic E-state index is 13.1. The number of aromatic carboxylic acids is 1. The van der Waals surface area contributed by atoms with Crippen LogP contribution in [0.5, 0.6) is 5.75 Å². The molecule has 0 saturated carbocycles. The Kier molecular flexibility index (Phi) is 6.12. The fourth-order valence-corrected chi connectivity index (χ4v) is 4.12. The van der Waals surface area contributed by atoms with Crippen LogP contribution in [0.25, 0.3) is 10.9 Å². The molecule has 29 heavy (non-hydrogen) atoms. The number of fused-ring (bicyclic) bond motifs is 1. The van der Waals surface area contributed by atoms with Gasteiger partial charge in [-0.05, 0) is 56.9 Å². The molecular weight excluding hydrogens is 385 g/mol. The van der Waals surface area contributed by atoms with Crippen LogP contribution in [0.4, 0.5) is 13.2 Å². The summed E-state index contributed by atoms with van der Waals surface area (Å²) in [5, 5.41) is 10.1. The number of hydrogen-bond donors (Lipinski definition) is 1. The Morgan fingerprint density at radius 3 is 2.45 bits per heavy atom. The first-order valence-electron chi connectivity index (χ1n) is 9.96. The Morgan fingerprint density at radius 2 is 1.93 bits per heavy atom. The summed E-state index contributed by atoms with van der Waals surface area (Å²) in [5.74, 6) is -0.790. The molecule has 0 amide bonds. The van der Waals surface area contributed by atoms with Crippen molar-refractivity contribution in [3.05, 3.63) is 29.5 Å². The number of benzene rings is 1. The van der Waals surface area contributed by atoms with Crippen molar-refractivity contribution in [1.29, 1.82) is 0 Å². The number of rotatable bonds is 6. The predicted octanol–water partition coefficient (Wildman–Crippen LogP) is 4.72. The first-order chi connectivity index (χ1) is 13.6. The van der Waals surface area contributed by atoms with E-state index >= 15 is 0 Å². The van der Waals surface area contributed by atoms with Crippen molar-refractivity contribution in [3.63, 3.8) is 0 Å². The van der Waals surface area contributed by atoms with Crippen LogP contribution in [-0.4, -0.2) is 52.0 Å². The lowest BCUT2D eigenvalue weighted by molar-refractivity contribution is -0.140. The van der Waals surface area contributed by atoms with Gasteiger partial charge in [-0.2, -0.15) is 13.2 Å². The molecular formula is C21H27F3N2O3. The summed E-state index contributed by atoms with van der Waals surface area (Å²) in [6.45, 7) is 6.61. The van der Waals surface area contributed by atoms with Gasteiger partial charge in [0, 0.05) is 30.0 Å². The number of ether oxygens (including phenoxy) is 1. The lowest BCUT2D eigenvalue weighted by Crippen LogP contribution is -2.41. The van der Waals surface area contributed by atoms with Crippen molar-refractivity contribution in [2.75, 3.05) is 13.1 Å². The van der Waals surface area contributed by atoms with E-state index < -0.39 is 18.7 Å². The van der Waals surface area contributed by atoms with Gasteiger partial charge < -0.3 is 19.3 Å². The first kappa shape index (κ1) is 21.5. The molecule has 3 rings (SSSR count). The van der Waals surface area contributed by atoms with Crippen LogP contribution < -0.4 is 4.74 Å². The van der Waals surface area contributed by atoms with Gasteiger partial charge in [0.05, 0.1) is 0 Å². The van der Waals surface area contributed by atoms with Gasteiger partial charge in [0.1, 0.15) is 24.1 Å². The fraction of sp³-hybridized carbons (Fsp3) is 0.571. The van der Waals surface area contributed by atoms with E-state index in [1.165, 1.54) is 6.07 Å². The molecule has 0 unspecified atom stereocenters. The highest BCUT2D eigenvalue weighted by molar-refractivity contribution is 5.98. The second kappa shape index (κ2) is 8.26. The quantitative estimate of drug-likeness (QED) is 0.746. The van der Waals surface area contributed by atoms with Gasteiger partial charge >= 0.3 is 12.1 Å². The minimum absolute atomic E-state index is 0.0451. The van der Waals surface area contributed by atoms with E-state index in [4.69, 9.17) is 4.74 Å². The number of aryl methyl sites for hydroxylation is 1. The minimum Gasteiger partial charge on any atom is -0.490 e. The topological polar surface area (TPSA) is 54.7 Å². The summed E-state index contributed by atoms with van der Waals surface area (Å²) in [4.78, 5) is 14.1. The van der Waals surface area contributed by atoms with E-state index in [0.29, 0.717) is 29.2 Å². The molecule has 1 saturated heterocycles. The van der Waals surface area contributed by atoms with Gasteiger partial charge in [0.2, 0.25) is 0 Å². The molecule has 8 heteroatoms. The van der Waals surface area contributed by atoms with Crippen molar-refractivity contribution in [2.24, 2.45) is 0 Å². The third-order valence-electron chi connectivity index (χ3n) is 5.54. The number of alkyl halides is 3. The summed E-state index contributed by atoms with van der Waals surface area (Å²) >= 11 is 0. The number of piperidine rings is 1. The molecule has 2 aromatic rings. The molecule has 1 aliphatic heterocycles. The van der Waals surface area contributed by atoms with Crippen molar-refractivity contribution in [2.45, 2.75) is 64.9 Å². The second-order valence-electron chi connectivity index (χ2n) is 7.81. The summed E-state index contributed by atoms with van der Waals surface area (Å²) in [5.41, 5.74) is 0.359. The largest absolute Gasteiger partial charge is 0.490 e. The molecule has 160 valence electrons. The van der Waals surface area contributed by atoms with Gasteiger partial charge in [0.15, 0.2) is 0 Å². The van der Waals surface area contributed by atoms with Crippen LogP contribution in [0.15, 0.2) is 18.2 Å². The van der Waals surface area contributed by atoms with Crippen molar-refractivity contribution < 1.29 is 27.8 Å². The van der Waals surface area contributed by atoms with Crippen LogP contribution in [-0.2, 0) is 13.0 Å². The number of nitrogens with zero attached hydrogens (tertiary/aromatic N) is 2. The third-order valence-corrected chi connectivity index (χ3v) is 5.54. The smallest absolute Gasteiger partial charge is 0.406 e. The standard InChI is InChI=1S/C21H27F3N2O3/c1-4-16-17-11-15(29-14-7-9-25(10-8-14)13(2)3)5-6-18(17)26(12-21(22,23)24)19(16)20(27)28/h5-6,11,13-14H,4,7-10,12H2,1-3H3,(H,27,28). The number of halogens is 3. The molecule has 5 nitrogen and oxygen atoms in total. The van der Waals surface area contributed by atoms with Gasteiger partial charge in [0.25, 0.3) is 0 Å². The molecule has 0 spiro atoms. The van der Waals surface area contributed by atoms with Gasteiger partial charge in [-0.25, -0.2) is 4.79 Å². The predicted molar refractivity (Wildman–Crippen MR) is 105 cm³/mol. The lowest BCUT2D eigenvalue weighted by Gasteiger charge is -2.34. The molecule has 0 bridgehead atoms. The Labute approximate surface area is 168 Å². The monoisotopic (exact) mass is 412 g/mol. The maximum atomic E-state index is 13.1. The highest BCUT2D eigenvalue weighted by Gasteiger charge is 2.33. The number of hydrogen-bond acceptors (Lipinski definition) is 3. The molecule has 2 heterocycles. The zero-order valence-electron chi connectivity index (χ0n) is 16.9.